The number of methoxy groups -OCH3 is 1. The van der Waals surface area contributed by atoms with Gasteiger partial charge in [0, 0.05) is 28.5 Å². The summed E-state index contributed by atoms with van der Waals surface area (Å²) in [5.41, 5.74) is 4.74. The number of nitro benzene ring substituents is 1. The molecule has 0 bridgehead atoms. The maximum Gasteiger partial charge on any atom is 0.315 e. The summed E-state index contributed by atoms with van der Waals surface area (Å²) in [6, 6.07) is 8.43. The summed E-state index contributed by atoms with van der Waals surface area (Å²) < 4.78 is 7.79. The molecular weight excluding hydrogens is 458 g/mol. The zero-order valence-corrected chi connectivity index (χ0v) is 17.3. The van der Waals surface area contributed by atoms with Gasteiger partial charge in [0.1, 0.15) is 5.52 Å². The summed E-state index contributed by atoms with van der Waals surface area (Å²) in [7, 11) is 3.18. The average Bonchev–Trinajstić information content (AvgIpc) is 3.00. The van der Waals surface area contributed by atoms with E-state index in [-0.39, 0.29) is 11.7 Å². The molecule has 2 aromatic heterocycles. The molecule has 0 aliphatic heterocycles. The first-order valence-electron chi connectivity index (χ1n) is 8.52. The van der Waals surface area contributed by atoms with Crippen molar-refractivity contribution < 1.29 is 14.8 Å². The molecule has 0 aliphatic rings. The van der Waals surface area contributed by atoms with Gasteiger partial charge in [-0.2, -0.15) is 10.1 Å². The van der Waals surface area contributed by atoms with Gasteiger partial charge in [0.05, 0.1) is 23.8 Å². The second kappa shape index (κ2) is 7.55. The molecular formula is C18H14BrN7O4. The summed E-state index contributed by atoms with van der Waals surface area (Å²) >= 11 is 3.45. The number of nitrogens with zero attached hydrogens (tertiary/aromatic N) is 6. The number of ether oxygens (including phenoxy) is 1. The van der Waals surface area contributed by atoms with Gasteiger partial charge in [-0.05, 0) is 24.3 Å². The highest BCUT2D eigenvalue weighted by atomic mass is 79.9. The number of phenols is 1. The van der Waals surface area contributed by atoms with Crippen LogP contribution in [0.3, 0.4) is 0 Å². The van der Waals surface area contributed by atoms with E-state index in [1.165, 1.54) is 25.5 Å². The number of phenolic OH excluding ortho intramolecular Hbond substituents is 1. The minimum absolute atomic E-state index is 0.0355. The molecule has 0 saturated heterocycles. The molecule has 0 amide bonds. The third-order valence-electron chi connectivity index (χ3n) is 4.43. The standard InChI is InChI=1S/C18H14BrN7O4/c1-25-12-4-3-10(19)7-11(12)15-17(25)21-18(24-22-15)23-20-8-9-5-13(26(28)29)16(27)14(6-9)30-2/h3-8,27H,1-2H3,(H,21,23,24)/b20-8+. The number of rotatable bonds is 5. The Bertz CT molecular complexity index is 1340. The number of hydrogen-bond donors (Lipinski definition) is 2. The van der Waals surface area contributed by atoms with Gasteiger partial charge >= 0.3 is 5.69 Å². The van der Waals surface area contributed by atoms with E-state index in [2.05, 4.69) is 41.6 Å². The van der Waals surface area contributed by atoms with Crippen molar-refractivity contribution in [2.45, 2.75) is 0 Å². The highest BCUT2D eigenvalue weighted by Crippen LogP contribution is 2.36. The fourth-order valence-corrected chi connectivity index (χ4v) is 3.39. The number of aryl methyl sites for hydroxylation is 1. The van der Waals surface area contributed by atoms with Crippen LogP contribution >= 0.6 is 15.9 Å². The lowest BCUT2D eigenvalue weighted by atomic mass is 10.2. The molecule has 2 N–H and O–H groups in total. The van der Waals surface area contributed by atoms with Crippen LogP contribution < -0.4 is 10.2 Å². The lowest BCUT2D eigenvalue weighted by Gasteiger charge is -2.05. The minimum Gasteiger partial charge on any atom is -0.500 e. The number of aromatic hydroxyl groups is 1. The fourth-order valence-electron chi connectivity index (χ4n) is 3.03. The van der Waals surface area contributed by atoms with Crippen LogP contribution in [0, 0.1) is 10.1 Å². The first-order chi connectivity index (χ1) is 14.4. The number of halogens is 1. The molecule has 0 spiro atoms. The van der Waals surface area contributed by atoms with E-state index in [1.807, 2.05) is 29.8 Å². The molecule has 4 aromatic rings. The van der Waals surface area contributed by atoms with Crippen molar-refractivity contribution in [2.24, 2.45) is 12.1 Å². The van der Waals surface area contributed by atoms with Crippen molar-refractivity contribution >= 4 is 55.8 Å². The van der Waals surface area contributed by atoms with Crippen molar-refractivity contribution in [3.05, 3.63) is 50.5 Å². The predicted molar refractivity (Wildman–Crippen MR) is 114 cm³/mol. The Morgan fingerprint density at radius 3 is 2.87 bits per heavy atom. The minimum atomic E-state index is -0.706. The molecule has 0 unspecified atom stereocenters. The molecule has 4 rings (SSSR count). The summed E-state index contributed by atoms with van der Waals surface area (Å²) in [5.74, 6) is -0.427. The Morgan fingerprint density at radius 1 is 1.33 bits per heavy atom. The van der Waals surface area contributed by atoms with E-state index in [9.17, 15) is 15.2 Å². The van der Waals surface area contributed by atoms with E-state index >= 15 is 0 Å². The highest BCUT2D eigenvalue weighted by molar-refractivity contribution is 9.10. The normalized spacial score (nSPS) is 11.4. The molecule has 2 aromatic carbocycles. The molecule has 0 aliphatic carbocycles. The molecule has 11 nitrogen and oxygen atoms in total. The Balaban J connectivity index is 1.65. The van der Waals surface area contributed by atoms with Crippen LogP contribution in [0.2, 0.25) is 0 Å². The third-order valence-corrected chi connectivity index (χ3v) is 4.93. The van der Waals surface area contributed by atoms with Crippen LogP contribution in [0.15, 0.2) is 39.9 Å². The van der Waals surface area contributed by atoms with Crippen LogP contribution in [0.4, 0.5) is 11.6 Å². The van der Waals surface area contributed by atoms with Gasteiger partial charge in [-0.25, -0.2) is 5.43 Å². The van der Waals surface area contributed by atoms with E-state index in [4.69, 9.17) is 4.74 Å². The lowest BCUT2D eigenvalue weighted by Crippen LogP contribution is -2.01. The molecule has 0 radical (unpaired) electrons. The second-order valence-electron chi connectivity index (χ2n) is 6.25. The summed E-state index contributed by atoms with van der Waals surface area (Å²) in [4.78, 5) is 14.8. The largest absolute Gasteiger partial charge is 0.500 e. The van der Waals surface area contributed by atoms with Gasteiger partial charge in [-0.3, -0.25) is 10.1 Å². The molecule has 152 valence electrons. The number of fused-ring (bicyclic) bond motifs is 3. The quantitative estimate of drug-likeness (QED) is 0.256. The monoisotopic (exact) mass is 471 g/mol. The van der Waals surface area contributed by atoms with E-state index in [0.29, 0.717) is 16.7 Å². The van der Waals surface area contributed by atoms with Gasteiger partial charge in [0.25, 0.3) is 5.95 Å². The Morgan fingerprint density at radius 2 is 2.13 bits per heavy atom. The number of benzene rings is 2. The number of aromatic nitrogens is 4. The Labute approximate surface area is 177 Å². The average molecular weight is 472 g/mol. The van der Waals surface area contributed by atoms with E-state index in [0.717, 1.165) is 15.4 Å². The van der Waals surface area contributed by atoms with Crippen LogP contribution in [-0.2, 0) is 7.05 Å². The van der Waals surface area contributed by atoms with Crippen molar-refractivity contribution in [3.8, 4) is 11.5 Å². The van der Waals surface area contributed by atoms with Crippen LogP contribution in [0.25, 0.3) is 22.1 Å². The molecule has 12 heteroatoms. The van der Waals surface area contributed by atoms with Gasteiger partial charge in [0.2, 0.25) is 5.75 Å². The molecule has 2 heterocycles. The number of anilines is 1. The number of hydrazone groups is 1. The van der Waals surface area contributed by atoms with Crippen molar-refractivity contribution in [3.63, 3.8) is 0 Å². The maximum absolute atomic E-state index is 11.1. The molecule has 0 saturated carbocycles. The summed E-state index contributed by atoms with van der Waals surface area (Å²) in [6.45, 7) is 0. The molecule has 30 heavy (non-hydrogen) atoms. The van der Waals surface area contributed by atoms with E-state index in [1.54, 1.807) is 0 Å². The first kappa shape index (κ1) is 19.5. The Hall–Kier alpha value is -3.80. The highest BCUT2D eigenvalue weighted by Gasteiger charge is 2.19. The van der Waals surface area contributed by atoms with Crippen molar-refractivity contribution in [1.29, 1.82) is 0 Å². The molecule has 0 fully saturated rings. The second-order valence-corrected chi connectivity index (χ2v) is 7.16. The predicted octanol–water partition coefficient (Wildman–Crippen LogP) is 3.35. The van der Waals surface area contributed by atoms with Crippen molar-refractivity contribution in [1.82, 2.24) is 19.7 Å². The van der Waals surface area contributed by atoms with Gasteiger partial charge in [-0.1, -0.05) is 15.9 Å². The third kappa shape index (κ3) is 3.37. The van der Waals surface area contributed by atoms with Crippen molar-refractivity contribution in [2.75, 3.05) is 12.5 Å². The smallest absolute Gasteiger partial charge is 0.315 e. The SMILES string of the molecule is COc1cc(/C=N/Nc2nnc3c4cc(Br)ccc4n(C)c3n2)cc([N+](=O)[O-])c1O. The number of nitrogens with one attached hydrogen (secondary N) is 1. The van der Waals surface area contributed by atoms with Crippen LogP contribution in [-0.4, -0.2) is 43.1 Å². The van der Waals surface area contributed by atoms with Gasteiger partial charge < -0.3 is 14.4 Å². The number of nitro groups is 1. The first-order valence-corrected chi connectivity index (χ1v) is 9.31. The number of hydrogen-bond acceptors (Lipinski definition) is 9. The fraction of sp³-hybridized carbons (Fsp3) is 0.111. The summed E-state index contributed by atoms with van der Waals surface area (Å²) in [5, 5.41) is 34.1. The topological polar surface area (TPSA) is 141 Å². The zero-order chi connectivity index (χ0) is 21.4. The lowest BCUT2D eigenvalue weighted by molar-refractivity contribution is -0.386. The Kier molecular flexibility index (Phi) is 4.91. The van der Waals surface area contributed by atoms with Gasteiger partial charge in [-0.15, -0.1) is 10.2 Å². The summed E-state index contributed by atoms with van der Waals surface area (Å²) in [6.07, 6.45) is 1.32. The molecule has 0 atom stereocenters. The van der Waals surface area contributed by atoms with E-state index < -0.39 is 16.4 Å². The zero-order valence-electron chi connectivity index (χ0n) is 15.7. The van der Waals surface area contributed by atoms with Crippen LogP contribution in [0.1, 0.15) is 5.56 Å². The van der Waals surface area contributed by atoms with Gasteiger partial charge in [0.15, 0.2) is 11.4 Å². The maximum atomic E-state index is 11.1. The van der Waals surface area contributed by atoms with Crippen LogP contribution in [0.5, 0.6) is 11.5 Å².